The van der Waals surface area contributed by atoms with E-state index in [-0.39, 0.29) is 5.82 Å². The molecule has 0 aliphatic carbocycles. The van der Waals surface area contributed by atoms with Crippen LogP contribution in [0.4, 0.5) is 4.39 Å². The van der Waals surface area contributed by atoms with E-state index in [1.165, 1.54) is 6.07 Å². The normalized spacial score (nSPS) is 19.6. The van der Waals surface area contributed by atoms with E-state index in [0.717, 1.165) is 5.56 Å². The summed E-state index contributed by atoms with van der Waals surface area (Å²) in [5.41, 5.74) is 0.257. The Morgan fingerprint density at radius 3 is 2.62 bits per heavy atom. The minimum Gasteiger partial charge on any atom is -0.382 e. The molecule has 1 aromatic carbocycles. The lowest BCUT2D eigenvalue weighted by atomic mass is 9.85. The fourth-order valence-corrected chi connectivity index (χ4v) is 1.76. The molecule has 13 heavy (non-hydrogen) atoms. The van der Waals surface area contributed by atoms with Crippen LogP contribution in [0.2, 0.25) is 0 Å². The standard InChI is InChI=1S/C10H12FNO/c1-7-3-2-4-8(11)9(7)10(13)5-12-6-10/h2-4,12-13H,5-6H2,1H3. The first kappa shape index (κ1) is 8.66. The number of nitrogens with one attached hydrogen (secondary N) is 1. The summed E-state index contributed by atoms with van der Waals surface area (Å²) in [5.74, 6) is -0.316. The second kappa shape index (κ2) is 2.79. The summed E-state index contributed by atoms with van der Waals surface area (Å²) in [6, 6.07) is 4.86. The van der Waals surface area contributed by atoms with Gasteiger partial charge in [0.05, 0.1) is 0 Å². The van der Waals surface area contributed by atoms with Crippen molar-refractivity contribution in [2.24, 2.45) is 0 Å². The van der Waals surface area contributed by atoms with Crippen LogP contribution in [0.25, 0.3) is 0 Å². The second-order valence-corrected chi connectivity index (χ2v) is 3.57. The first-order chi connectivity index (χ1) is 6.13. The van der Waals surface area contributed by atoms with Crippen LogP contribution in [-0.4, -0.2) is 18.2 Å². The van der Waals surface area contributed by atoms with Gasteiger partial charge in [0, 0.05) is 18.7 Å². The Bertz CT molecular complexity index is 313. The molecule has 3 heteroatoms. The smallest absolute Gasteiger partial charge is 0.129 e. The Morgan fingerprint density at radius 2 is 2.15 bits per heavy atom. The van der Waals surface area contributed by atoms with E-state index in [4.69, 9.17) is 0 Å². The second-order valence-electron chi connectivity index (χ2n) is 3.57. The van der Waals surface area contributed by atoms with E-state index in [1.54, 1.807) is 6.07 Å². The molecule has 0 radical (unpaired) electrons. The summed E-state index contributed by atoms with van der Waals surface area (Å²) in [4.78, 5) is 0. The van der Waals surface area contributed by atoms with Crippen LogP contribution in [0.1, 0.15) is 11.1 Å². The van der Waals surface area contributed by atoms with Gasteiger partial charge in [0.15, 0.2) is 0 Å². The lowest BCUT2D eigenvalue weighted by Crippen LogP contribution is -2.57. The third-order valence-corrected chi connectivity index (χ3v) is 2.52. The maximum atomic E-state index is 13.4. The van der Waals surface area contributed by atoms with Crippen LogP contribution in [0.15, 0.2) is 18.2 Å². The average molecular weight is 181 g/mol. The highest BCUT2D eigenvalue weighted by Crippen LogP contribution is 2.29. The van der Waals surface area contributed by atoms with Gasteiger partial charge in [0.25, 0.3) is 0 Å². The van der Waals surface area contributed by atoms with E-state index in [0.29, 0.717) is 18.7 Å². The molecule has 0 amide bonds. The number of aryl methyl sites for hydroxylation is 1. The molecule has 2 nitrogen and oxygen atoms in total. The van der Waals surface area contributed by atoms with Crippen molar-refractivity contribution in [1.29, 1.82) is 0 Å². The molecule has 1 aliphatic rings. The maximum Gasteiger partial charge on any atom is 0.129 e. The predicted molar refractivity (Wildman–Crippen MR) is 47.9 cm³/mol. The van der Waals surface area contributed by atoms with Gasteiger partial charge in [-0.2, -0.15) is 0 Å². The van der Waals surface area contributed by atoms with Gasteiger partial charge in [-0.1, -0.05) is 12.1 Å². The van der Waals surface area contributed by atoms with Crippen molar-refractivity contribution in [3.8, 4) is 0 Å². The lowest BCUT2D eigenvalue weighted by molar-refractivity contribution is -0.0182. The molecule has 0 bridgehead atoms. The van der Waals surface area contributed by atoms with Crippen molar-refractivity contribution >= 4 is 0 Å². The number of benzene rings is 1. The minimum absolute atomic E-state index is 0.316. The first-order valence-electron chi connectivity index (χ1n) is 4.32. The number of hydrogen-bond acceptors (Lipinski definition) is 2. The minimum atomic E-state index is -0.991. The molecule has 2 N–H and O–H groups in total. The molecule has 1 aliphatic heterocycles. The largest absolute Gasteiger partial charge is 0.382 e. The van der Waals surface area contributed by atoms with Gasteiger partial charge in [0.1, 0.15) is 11.4 Å². The van der Waals surface area contributed by atoms with Crippen molar-refractivity contribution in [3.05, 3.63) is 35.1 Å². The van der Waals surface area contributed by atoms with Gasteiger partial charge in [-0.3, -0.25) is 0 Å². The van der Waals surface area contributed by atoms with Crippen molar-refractivity contribution < 1.29 is 9.50 Å². The Kier molecular flexibility index (Phi) is 1.86. The third-order valence-electron chi connectivity index (χ3n) is 2.52. The quantitative estimate of drug-likeness (QED) is 0.675. The van der Waals surface area contributed by atoms with E-state index in [9.17, 15) is 9.50 Å². The Hall–Kier alpha value is -0.930. The average Bonchev–Trinajstić information content (AvgIpc) is 2.01. The fraction of sp³-hybridized carbons (Fsp3) is 0.400. The molecule has 2 rings (SSSR count). The molecule has 70 valence electrons. The van der Waals surface area contributed by atoms with Gasteiger partial charge in [-0.15, -0.1) is 0 Å². The van der Waals surface area contributed by atoms with Crippen LogP contribution in [0.5, 0.6) is 0 Å². The molecule has 1 heterocycles. The summed E-state index contributed by atoms with van der Waals surface area (Å²) in [5, 5.41) is 12.9. The monoisotopic (exact) mass is 181 g/mol. The van der Waals surface area contributed by atoms with Crippen LogP contribution < -0.4 is 5.32 Å². The van der Waals surface area contributed by atoms with Crippen LogP contribution >= 0.6 is 0 Å². The zero-order valence-corrected chi connectivity index (χ0v) is 7.47. The van der Waals surface area contributed by atoms with Gasteiger partial charge < -0.3 is 10.4 Å². The molecule has 0 spiro atoms. The molecule has 1 fully saturated rings. The zero-order valence-electron chi connectivity index (χ0n) is 7.47. The molecular weight excluding hydrogens is 169 g/mol. The van der Waals surface area contributed by atoms with Crippen molar-refractivity contribution in [2.75, 3.05) is 13.1 Å². The Balaban J connectivity index is 2.49. The van der Waals surface area contributed by atoms with Crippen LogP contribution in [-0.2, 0) is 5.60 Å². The number of halogens is 1. The van der Waals surface area contributed by atoms with Crippen LogP contribution in [0, 0.1) is 12.7 Å². The van der Waals surface area contributed by atoms with E-state index in [2.05, 4.69) is 5.32 Å². The highest BCUT2D eigenvalue weighted by Gasteiger charge is 2.39. The number of aliphatic hydroxyl groups is 1. The summed E-state index contributed by atoms with van der Waals surface area (Å²) < 4.78 is 13.4. The van der Waals surface area contributed by atoms with Crippen LogP contribution in [0.3, 0.4) is 0 Å². The van der Waals surface area contributed by atoms with Gasteiger partial charge in [-0.05, 0) is 18.6 Å². The summed E-state index contributed by atoms with van der Waals surface area (Å²) in [6.07, 6.45) is 0. The summed E-state index contributed by atoms with van der Waals surface area (Å²) in [6.45, 7) is 2.69. The topological polar surface area (TPSA) is 32.3 Å². The molecule has 1 saturated heterocycles. The van der Waals surface area contributed by atoms with Gasteiger partial charge >= 0.3 is 0 Å². The molecule has 0 atom stereocenters. The predicted octanol–water partition coefficient (Wildman–Crippen LogP) is 0.925. The molecular formula is C10H12FNO. The number of β-amino-alcohol motifs (C(OH)–C–C–N with tert-alkyl or cyclic N) is 1. The van der Waals surface area contributed by atoms with E-state index < -0.39 is 5.60 Å². The highest BCUT2D eigenvalue weighted by molar-refractivity contribution is 5.35. The van der Waals surface area contributed by atoms with Crippen molar-refractivity contribution in [1.82, 2.24) is 5.32 Å². The van der Waals surface area contributed by atoms with Crippen molar-refractivity contribution in [2.45, 2.75) is 12.5 Å². The third kappa shape index (κ3) is 1.24. The Labute approximate surface area is 76.4 Å². The Morgan fingerprint density at radius 1 is 1.46 bits per heavy atom. The fourth-order valence-electron chi connectivity index (χ4n) is 1.76. The zero-order chi connectivity index (χ0) is 9.47. The summed E-state index contributed by atoms with van der Waals surface area (Å²) >= 11 is 0. The molecule has 0 aromatic heterocycles. The van der Waals surface area contributed by atoms with Gasteiger partial charge in [-0.25, -0.2) is 4.39 Å². The molecule has 1 aromatic rings. The highest BCUT2D eigenvalue weighted by atomic mass is 19.1. The van der Waals surface area contributed by atoms with E-state index in [1.807, 2.05) is 13.0 Å². The first-order valence-corrected chi connectivity index (χ1v) is 4.32. The summed E-state index contributed by atoms with van der Waals surface area (Å²) in [7, 11) is 0. The SMILES string of the molecule is Cc1cccc(F)c1C1(O)CNC1. The number of rotatable bonds is 1. The lowest BCUT2D eigenvalue weighted by Gasteiger charge is -2.39. The molecule has 0 saturated carbocycles. The molecule has 0 unspecified atom stereocenters. The number of hydrogen-bond donors (Lipinski definition) is 2. The van der Waals surface area contributed by atoms with Gasteiger partial charge in [0.2, 0.25) is 0 Å². The van der Waals surface area contributed by atoms with E-state index >= 15 is 0 Å². The van der Waals surface area contributed by atoms with Crippen molar-refractivity contribution in [3.63, 3.8) is 0 Å². The maximum absolute atomic E-state index is 13.4.